The number of carboxylic acid groups (broad SMARTS) is 1. The number of nitrogens with zero attached hydrogens (tertiary/aromatic N) is 1. The molecular weight excluding hydrogens is 510 g/mol. The van der Waals surface area contributed by atoms with E-state index in [-0.39, 0.29) is 25.4 Å². The predicted molar refractivity (Wildman–Crippen MR) is 149 cm³/mol. The molecule has 1 aliphatic carbocycles. The number of aliphatic hydroxyl groups is 1. The van der Waals surface area contributed by atoms with Gasteiger partial charge in [0, 0.05) is 25.6 Å². The number of piperidine rings is 1. The first kappa shape index (κ1) is 27.4. The van der Waals surface area contributed by atoms with Gasteiger partial charge in [0.15, 0.2) is 0 Å². The topological polar surface area (TPSA) is 128 Å². The third kappa shape index (κ3) is 5.71. The van der Waals surface area contributed by atoms with Crippen molar-refractivity contribution in [2.75, 3.05) is 26.3 Å². The number of carbonyl (C=O) groups is 3. The van der Waals surface area contributed by atoms with Crippen molar-refractivity contribution in [2.45, 2.75) is 36.9 Å². The van der Waals surface area contributed by atoms with Gasteiger partial charge in [-0.15, -0.1) is 0 Å². The lowest BCUT2D eigenvalue weighted by Gasteiger charge is -2.41. The molecule has 5 rings (SSSR count). The van der Waals surface area contributed by atoms with E-state index in [1.54, 1.807) is 0 Å². The lowest BCUT2D eigenvalue weighted by molar-refractivity contribution is -0.144. The Bertz CT molecular complexity index is 1320. The number of nitrogens with one attached hydrogen (secondary N) is 2. The summed E-state index contributed by atoms with van der Waals surface area (Å²) in [7, 11) is 0. The zero-order valence-electron chi connectivity index (χ0n) is 22.1. The molecule has 9 nitrogen and oxygen atoms in total. The highest BCUT2D eigenvalue weighted by Crippen LogP contribution is 2.44. The minimum Gasteiger partial charge on any atom is -0.480 e. The average Bonchev–Trinajstić information content (AvgIpc) is 3.29. The lowest BCUT2D eigenvalue weighted by atomic mass is 9.86. The number of alkyl carbamates (subject to hydrolysis) is 1. The number of hydrogen-bond donors (Lipinski definition) is 4. The molecule has 3 aromatic carbocycles. The van der Waals surface area contributed by atoms with Gasteiger partial charge in [-0.1, -0.05) is 78.9 Å². The number of benzene rings is 3. The summed E-state index contributed by atoms with van der Waals surface area (Å²) >= 11 is 0. The number of ether oxygens (including phenoxy) is 1. The number of aliphatic carboxylic acids is 1. The van der Waals surface area contributed by atoms with E-state index < -0.39 is 36.2 Å². The van der Waals surface area contributed by atoms with Crippen molar-refractivity contribution in [1.82, 2.24) is 15.5 Å². The Hall–Kier alpha value is -4.21. The minimum absolute atomic E-state index is 0.0894. The number of likely N-dealkylation sites (tertiary alicyclic amines) is 1. The SMILES string of the molecule is O=C(NC1(C(=O)N[C@H](CO)C(=O)O)CCN(Cc2ccccc2)CC1)OCC1c2ccccc2-c2ccccc21. The number of carboxylic acids is 1. The number of amides is 2. The summed E-state index contributed by atoms with van der Waals surface area (Å²) in [6.07, 6.45) is -0.231. The molecule has 0 radical (unpaired) electrons. The lowest BCUT2D eigenvalue weighted by Crippen LogP contribution is -2.65. The van der Waals surface area contributed by atoms with Crippen LogP contribution in [0.4, 0.5) is 4.79 Å². The second kappa shape index (κ2) is 11.9. The van der Waals surface area contributed by atoms with Gasteiger partial charge in [-0.25, -0.2) is 9.59 Å². The highest BCUT2D eigenvalue weighted by Gasteiger charge is 2.44. The number of carbonyl (C=O) groups excluding carboxylic acids is 2. The van der Waals surface area contributed by atoms with Gasteiger partial charge >= 0.3 is 12.1 Å². The van der Waals surface area contributed by atoms with Crippen LogP contribution in [0, 0.1) is 0 Å². The fourth-order valence-electron chi connectivity index (χ4n) is 5.66. The molecule has 0 saturated carbocycles. The molecule has 1 heterocycles. The largest absolute Gasteiger partial charge is 0.480 e. The van der Waals surface area contributed by atoms with Crippen LogP contribution >= 0.6 is 0 Å². The molecule has 208 valence electrons. The Morgan fingerprint density at radius 1 is 0.900 bits per heavy atom. The quantitative estimate of drug-likeness (QED) is 0.327. The van der Waals surface area contributed by atoms with Crippen LogP contribution in [0.2, 0.25) is 0 Å². The molecule has 0 aromatic heterocycles. The maximum atomic E-state index is 13.4. The summed E-state index contributed by atoms with van der Waals surface area (Å²) in [4.78, 5) is 40.2. The van der Waals surface area contributed by atoms with E-state index in [2.05, 4.69) is 27.7 Å². The molecule has 9 heteroatoms. The zero-order valence-corrected chi connectivity index (χ0v) is 22.1. The van der Waals surface area contributed by atoms with Gasteiger partial charge in [0.2, 0.25) is 5.91 Å². The van der Waals surface area contributed by atoms with E-state index in [9.17, 15) is 24.6 Å². The summed E-state index contributed by atoms with van der Waals surface area (Å²) in [5, 5.41) is 24.0. The van der Waals surface area contributed by atoms with E-state index in [0.717, 1.165) is 27.8 Å². The van der Waals surface area contributed by atoms with Gasteiger partial charge in [-0.05, 0) is 40.7 Å². The van der Waals surface area contributed by atoms with Crippen LogP contribution in [0.5, 0.6) is 0 Å². The molecule has 0 bridgehead atoms. The summed E-state index contributed by atoms with van der Waals surface area (Å²) in [6, 6.07) is 24.5. The van der Waals surface area contributed by atoms with Gasteiger partial charge in [0.05, 0.1) is 6.61 Å². The van der Waals surface area contributed by atoms with Gasteiger partial charge in [-0.2, -0.15) is 0 Å². The van der Waals surface area contributed by atoms with Crippen LogP contribution in [-0.2, 0) is 20.9 Å². The molecule has 0 unspecified atom stereocenters. The molecule has 2 amide bonds. The number of rotatable bonds is 9. The van der Waals surface area contributed by atoms with Gasteiger partial charge in [-0.3, -0.25) is 9.69 Å². The van der Waals surface area contributed by atoms with Crippen LogP contribution < -0.4 is 10.6 Å². The zero-order chi connectivity index (χ0) is 28.1. The molecule has 1 saturated heterocycles. The maximum absolute atomic E-state index is 13.4. The number of hydrogen-bond acceptors (Lipinski definition) is 6. The van der Waals surface area contributed by atoms with Crippen molar-refractivity contribution in [1.29, 1.82) is 0 Å². The monoisotopic (exact) mass is 543 g/mol. The Morgan fingerprint density at radius 3 is 2.05 bits per heavy atom. The Kier molecular flexibility index (Phi) is 8.14. The van der Waals surface area contributed by atoms with Crippen molar-refractivity contribution < 1.29 is 29.3 Å². The van der Waals surface area contributed by atoms with Crippen molar-refractivity contribution >= 4 is 18.0 Å². The highest BCUT2D eigenvalue weighted by atomic mass is 16.5. The molecule has 1 fully saturated rings. The highest BCUT2D eigenvalue weighted by molar-refractivity contribution is 5.93. The number of aliphatic hydroxyl groups excluding tert-OH is 1. The van der Waals surface area contributed by atoms with Gasteiger partial charge in [0.25, 0.3) is 0 Å². The molecule has 1 aliphatic heterocycles. The summed E-state index contributed by atoms with van der Waals surface area (Å²) in [5.41, 5.74) is 4.12. The molecular formula is C31H33N3O6. The van der Waals surface area contributed by atoms with Crippen LogP contribution in [0.1, 0.15) is 35.4 Å². The van der Waals surface area contributed by atoms with Gasteiger partial charge < -0.3 is 25.6 Å². The van der Waals surface area contributed by atoms with Crippen LogP contribution in [0.3, 0.4) is 0 Å². The van der Waals surface area contributed by atoms with Crippen LogP contribution in [0.15, 0.2) is 78.9 Å². The molecule has 4 N–H and O–H groups in total. The van der Waals surface area contributed by atoms with E-state index in [1.165, 1.54) is 0 Å². The first-order chi connectivity index (χ1) is 19.4. The molecule has 2 aliphatic rings. The summed E-state index contributed by atoms with van der Waals surface area (Å²) in [5.74, 6) is -2.14. The van der Waals surface area contributed by atoms with Crippen LogP contribution in [0.25, 0.3) is 11.1 Å². The third-order valence-electron chi connectivity index (χ3n) is 7.86. The van der Waals surface area contributed by atoms with E-state index in [4.69, 9.17) is 4.74 Å². The van der Waals surface area contributed by atoms with Crippen molar-refractivity contribution in [3.8, 4) is 11.1 Å². The summed E-state index contributed by atoms with van der Waals surface area (Å²) in [6.45, 7) is 1.03. The maximum Gasteiger partial charge on any atom is 0.408 e. The Morgan fingerprint density at radius 2 is 1.48 bits per heavy atom. The normalized spacial score (nSPS) is 16.8. The second-order valence-electron chi connectivity index (χ2n) is 10.3. The van der Waals surface area contributed by atoms with E-state index in [0.29, 0.717) is 19.6 Å². The smallest absolute Gasteiger partial charge is 0.408 e. The van der Waals surface area contributed by atoms with E-state index >= 15 is 0 Å². The van der Waals surface area contributed by atoms with Gasteiger partial charge in [0.1, 0.15) is 18.2 Å². The predicted octanol–water partition coefficient (Wildman–Crippen LogP) is 3.12. The number of fused-ring (bicyclic) bond motifs is 3. The summed E-state index contributed by atoms with van der Waals surface area (Å²) < 4.78 is 5.71. The van der Waals surface area contributed by atoms with E-state index in [1.807, 2.05) is 66.7 Å². The second-order valence-corrected chi connectivity index (χ2v) is 10.3. The Labute approximate surface area is 232 Å². The standard InChI is InChI=1S/C31H33N3O6/c35-19-27(28(36)37)32-29(38)31(14-16-34(17-15-31)18-21-8-2-1-3-9-21)33-30(39)40-20-26-24-12-6-4-10-22(24)23-11-5-7-13-25(23)26/h1-13,26-27,35H,14-20H2,(H,32,38)(H,33,39)(H,36,37)/t27-/m1/s1. The van der Waals surface area contributed by atoms with Crippen molar-refractivity contribution in [3.05, 3.63) is 95.6 Å². The van der Waals surface area contributed by atoms with Crippen molar-refractivity contribution in [2.24, 2.45) is 0 Å². The Balaban J connectivity index is 1.29. The first-order valence-electron chi connectivity index (χ1n) is 13.4. The van der Waals surface area contributed by atoms with Crippen LogP contribution in [-0.4, -0.2) is 71.0 Å². The third-order valence-corrected chi connectivity index (χ3v) is 7.86. The fourth-order valence-corrected chi connectivity index (χ4v) is 5.66. The fraction of sp³-hybridized carbons (Fsp3) is 0.323. The first-order valence-corrected chi connectivity index (χ1v) is 13.4. The molecule has 0 spiro atoms. The molecule has 40 heavy (non-hydrogen) atoms. The van der Waals surface area contributed by atoms with Crippen molar-refractivity contribution in [3.63, 3.8) is 0 Å². The minimum atomic E-state index is -1.48. The molecule has 1 atom stereocenters. The average molecular weight is 544 g/mol. The molecule has 3 aromatic rings.